The summed E-state index contributed by atoms with van der Waals surface area (Å²) in [6, 6.07) is 8.16. The number of benzene rings is 1. The summed E-state index contributed by atoms with van der Waals surface area (Å²) in [5.74, 6) is 1.38. The van der Waals surface area contributed by atoms with Crippen LogP contribution in [0.5, 0.6) is 5.75 Å². The summed E-state index contributed by atoms with van der Waals surface area (Å²) in [5.41, 5.74) is 1.27. The first-order valence-electron chi connectivity index (χ1n) is 6.28. The molecular formula is C14H21NO3. The summed E-state index contributed by atoms with van der Waals surface area (Å²) in [6.07, 6.45) is -0.433. The number of ether oxygens (including phenoxy) is 2. The predicted molar refractivity (Wildman–Crippen MR) is 70.1 cm³/mol. The highest BCUT2D eigenvalue weighted by Crippen LogP contribution is 2.33. The second kappa shape index (κ2) is 6.18. The zero-order valence-corrected chi connectivity index (χ0v) is 11.0. The summed E-state index contributed by atoms with van der Waals surface area (Å²) in [6.45, 7) is 2.61. The normalized spacial score (nSPS) is 19.7. The Balaban J connectivity index is 1.87. The molecule has 4 nitrogen and oxygen atoms in total. The van der Waals surface area contributed by atoms with Crippen LogP contribution in [-0.2, 0) is 4.74 Å². The Morgan fingerprint density at radius 3 is 3.06 bits per heavy atom. The molecule has 1 aliphatic heterocycles. The van der Waals surface area contributed by atoms with Crippen molar-refractivity contribution >= 4 is 0 Å². The van der Waals surface area contributed by atoms with Crippen LogP contribution < -0.4 is 4.74 Å². The monoisotopic (exact) mass is 251 g/mol. The standard InChI is InChI=1S/C14H21NO3/c1-15(8-12(16)10-17-2)7-11-9-18-14-6-4-3-5-13(11)14/h3-6,11-12,16H,7-10H2,1-2H3. The van der Waals surface area contributed by atoms with Crippen LogP contribution in [-0.4, -0.2) is 56.6 Å². The predicted octanol–water partition coefficient (Wildman–Crippen LogP) is 1.10. The molecule has 0 aliphatic carbocycles. The quantitative estimate of drug-likeness (QED) is 0.822. The zero-order valence-electron chi connectivity index (χ0n) is 11.0. The SMILES string of the molecule is COCC(O)CN(C)CC1COc2ccccc21. The third kappa shape index (κ3) is 3.22. The maximum atomic E-state index is 9.69. The van der Waals surface area contributed by atoms with E-state index in [0.717, 1.165) is 18.9 Å². The third-order valence-electron chi connectivity index (χ3n) is 3.21. The van der Waals surface area contributed by atoms with E-state index in [9.17, 15) is 5.11 Å². The van der Waals surface area contributed by atoms with Gasteiger partial charge in [-0.1, -0.05) is 18.2 Å². The van der Waals surface area contributed by atoms with Crippen molar-refractivity contribution in [2.75, 3.05) is 40.5 Å². The number of para-hydroxylation sites is 1. The van der Waals surface area contributed by atoms with Crippen LogP contribution in [0.4, 0.5) is 0 Å². The van der Waals surface area contributed by atoms with E-state index in [1.807, 2.05) is 25.2 Å². The summed E-state index contributed by atoms with van der Waals surface area (Å²) in [4.78, 5) is 2.12. The Morgan fingerprint density at radius 2 is 2.28 bits per heavy atom. The smallest absolute Gasteiger partial charge is 0.122 e. The van der Waals surface area contributed by atoms with Crippen LogP contribution in [0.1, 0.15) is 11.5 Å². The summed E-state index contributed by atoms with van der Waals surface area (Å²) in [7, 11) is 3.62. The molecule has 1 aromatic rings. The number of nitrogens with zero attached hydrogens (tertiary/aromatic N) is 1. The van der Waals surface area contributed by atoms with Crippen molar-refractivity contribution in [3.05, 3.63) is 29.8 Å². The molecule has 2 atom stereocenters. The van der Waals surface area contributed by atoms with Crippen molar-refractivity contribution in [1.82, 2.24) is 4.90 Å². The first kappa shape index (κ1) is 13.3. The van der Waals surface area contributed by atoms with Gasteiger partial charge in [0.2, 0.25) is 0 Å². The highest BCUT2D eigenvalue weighted by atomic mass is 16.5. The van der Waals surface area contributed by atoms with E-state index in [2.05, 4.69) is 11.0 Å². The molecule has 1 heterocycles. The fraction of sp³-hybridized carbons (Fsp3) is 0.571. The van der Waals surface area contributed by atoms with E-state index in [0.29, 0.717) is 19.1 Å². The van der Waals surface area contributed by atoms with E-state index in [4.69, 9.17) is 9.47 Å². The second-order valence-corrected chi connectivity index (χ2v) is 4.88. The lowest BCUT2D eigenvalue weighted by Gasteiger charge is -2.22. The number of aliphatic hydroxyl groups excluding tert-OH is 1. The number of likely N-dealkylation sites (N-methyl/N-ethyl adjacent to an activating group) is 1. The molecule has 0 fully saturated rings. The minimum atomic E-state index is -0.433. The van der Waals surface area contributed by atoms with Crippen molar-refractivity contribution in [2.45, 2.75) is 12.0 Å². The van der Waals surface area contributed by atoms with Gasteiger partial charge in [-0.15, -0.1) is 0 Å². The van der Waals surface area contributed by atoms with Crippen LogP contribution in [0.3, 0.4) is 0 Å². The highest BCUT2D eigenvalue weighted by Gasteiger charge is 2.25. The van der Waals surface area contributed by atoms with Crippen LogP contribution in [0.25, 0.3) is 0 Å². The first-order valence-corrected chi connectivity index (χ1v) is 6.28. The number of hydrogen-bond donors (Lipinski definition) is 1. The second-order valence-electron chi connectivity index (χ2n) is 4.88. The molecule has 1 N–H and O–H groups in total. The molecule has 2 rings (SSSR count). The van der Waals surface area contributed by atoms with Crippen LogP contribution >= 0.6 is 0 Å². The molecule has 0 aromatic heterocycles. The Hall–Kier alpha value is -1.10. The molecule has 100 valence electrons. The Bertz CT molecular complexity index is 383. The van der Waals surface area contributed by atoms with Crippen LogP contribution in [0.2, 0.25) is 0 Å². The van der Waals surface area contributed by atoms with E-state index >= 15 is 0 Å². The Morgan fingerprint density at radius 1 is 1.50 bits per heavy atom. The fourth-order valence-corrected chi connectivity index (χ4v) is 2.44. The maximum absolute atomic E-state index is 9.69. The third-order valence-corrected chi connectivity index (χ3v) is 3.21. The zero-order chi connectivity index (χ0) is 13.0. The van der Waals surface area contributed by atoms with Gasteiger partial charge in [0.05, 0.1) is 19.3 Å². The topological polar surface area (TPSA) is 41.9 Å². The molecule has 0 spiro atoms. The van der Waals surface area contributed by atoms with Gasteiger partial charge in [0.25, 0.3) is 0 Å². The van der Waals surface area contributed by atoms with Crippen molar-refractivity contribution < 1.29 is 14.6 Å². The van der Waals surface area contributed by atoms with Crippen molar-refractivity contribution in [3.8, 4) is 5.75 Å². The number of aliphatic hydroxyl groups is 1. The van der Waals surface area contributed by atoms with Crippen molar-refractivity contribution in [3.63, 3.8) is 0 Å². The largest absolute Gasteiger partial charge is 0.493 e. The van der Waals surface area contributed by atoms with Gasteiger partial charge in [0, 0.05) is 31.7 Å². The van der Waals surface area contributed by atoms with Crippen LogP contribution in [0.15, 0.2) is 24.3 Å². The van der Waals surface area contributed by atoms with Crippen LogP contribution in [0, 0.1) is 0 Å². The summed E-state index contributed by atoms with van der Waals surface area (Å²) < 4.78 is 10.6. The number of methoxy groups -OCH3 is 1. The average Bonchev–Trinajstić information content (AvgIpc) is 2.73. The fourth-order valence-electron chi connectivity index (χ4n) is 2.44. The number of hydrogen-bond acceptors (Lipinski definition) is 4. The van der Waals surface area contributed by atoms with Gasteiger partial charge in [-0.05, 0) is 13.1 Å². The lowest BCUT2D eigenvalue weighted by Crippen LogP contribution is -2.34. The molecule has 1 aliphatic rings. The Labute approximate surface area is 108 Å². The summed E-state index contributed by atoms with van der Waals surface area (Å²) in [5, 5.41) is 9.69. The van der Waals surface area contributed by atoms with Crippen molar-refractivity contribution in [2.24, 2.45) is 0 Å². The minimum Gasteiger partial charge on any atom is -0.493 e. The van der Waals surface area contributed by atoms with E-state index in [1.54, 1.807) is 7.11 Å². The molecule has 0 saturated carbocycles. The van der Waals surface area contributed by atoms with E-state index in [1.165, 1.54) is 5.56 Å². The molecule has 0 radical (unpaired) electrons. The number of fused-ring (bicyclic) bond motifs is 1. The van der Waals surface area contributed by atoms with Gasteiger partial charge in [-0.2, -0.15) is 0 Å². The molecule has 0 saturated heterocycles. The van der Waals surface area contributed by atoms with Crippen molar-refractivity contribution in [1.29, 1.82) is 0 Å². The van der Waals surface area contributed by atoms with E-state index in [-0.39, 0.29) is 0 Å². The molecular weight excluding hydrogens is 230 g/mol. The molecule has 18 heavy (non-hydrogen) atoms. The van der Waals surface area contributed by atoms with Gasteiger partial charge in [0.15, 0.2) is 0 Å². The Kier molecular flexibility index (Phi) is 4.58. The lowest BCUT2D eigenvalue weighted by atomic mass is 10.0. The summed E-state index contributed by atoms with van der Waals surface area (Å²) >= 11 is 0. The molecule has 0 amide bonds. The molecule has 1 aromatic carbocycles. The molecule has 2 unspecified atom stereocenters. The average molecular weight is 251 g/mol. The van der Waals surface area contributed by atoms with E-state index < -0.39 is 6.10 Å². The minimum absolute atomic E-state index is 0.377. The number of rotatable bonds is 6. The first-order chi connectivity index (χ1) is 8.70. The molecule has 4 heteroatoms. The lowest BCUT2D eigenvalue weighted by molar-refractivity contribution is 0.0418. The van der Waals surface area contributed by atoms with Gasteiger partial charge in [-0.3, -0.25) is 0 Å². The van der Waals surface area contributed by atoms with Gasteiger partial charge >= 0.3 is 0 Å². The maximum Gasteiger partial charge on any atom is 0.122 e. The van der Waals surface area contributed by atoms with Gasteiger partial charge in [-0.25, -0.2) is 0 Å². The van der Waals surface area contributed by atoms with Gasteiger partial charge < -0.3 is 19.5 Å². The highest BCUT2D eigenvalue weighted by molar-refractivity contribution is 5.39. The van der Waals surface area contributed by atoms with Gasteiger partial charge in [0.1, 0.15) is 5.75 Å². The molecule has 0 bridgehead atoms.